The fourth-order valence-electron chi connectivity index (χ4n) is 0.791. The van der Waals surface area contributed by atoms with Crippen molar-refractivity contribution in [3.05, 3.63) is 35.9 Å². The largest absolute Gasteiger partial charge is 0.120 e. The van der Waals surface area contributed by atoms with E-state index in [2.05, 4.69) is 5.92 Å². The predicted octanol–water partition coefficient (Wildman–Crippen LogP) is 2.25. The molecule has 0 saturated heterocycles. The molecule has 0 amide bonds. The van der Waals surface area contributed by atoms with E-state index >= 15 is 0 Å². The van der Waals surface area contributed by atoms with E-state index in [9.17, 15) is 0 Å². The van der Waals surface area contributed by atoms with Crippen molar-refractivity contribution in [2.75, 3.05) is 0 Å². The molecule has 10 heavy (non-hydrogen) atoms. The van der Waals surface area contributed by atoms with Crippen LogP contribution in [-0.2, 0) is 6.42 Å². The minimum Gasteiger partial charge on any atom is -0.120 e. The van der Waals surface area contributed by atoms with Crippen LogP contribution in [0.15, 0.2) is 30.3 Å². The third-order valence-corrected chi connectivity index (χ3v) is 1.30. The van der Waals surface area contributed by atoms with Crippen molar-refractivity contribution in [3.8, 4) is 12.3 Å². The van der Waals surface area contributed by atoms with Crippen molar-refractivity contribution in [1.82, 2.24) is 0 Å². The van der Waals surface area contributed by atoms with Gasteiger partial charge in [-0.25, -0.2) is 0 Å². The second-order valence-electron chi connectivity index (χ2n) is 2.06. The smallest absolute Gasteiger partial charge is 0.0406 e. The van der Waals surface area contributed by atoms with Gasteiger partial charge in [-0.1, -0.05) is 30.3 Å². The number of rotatable bonds is 2. The molecule has 0 aliphatic carbocycles. The first-order valence-corrected chi connectivity index (χ1v) is 3.25. The van der Waals surface area contributed by atoms with Crippen LogP contribution in [0.1, 0.15) is 13.3 Å². The maximum absolute atomic E-state index is 7.32. The highest BCUT2D eigenvalue weighted by molar-refractivity contribution is 5.15. The monoisotopic (exact) mass is 131 g/mol. The fraction of sp³-hybridized carbons (Fsp3) is 0.200. The topological polar surface area (TPSA) is 0 Å². The summed E-state index contributed by atoms with van der Waals surface area (Å²) in [5.41, 5.74) is 1.13. The van der Waals surface area contributed by atoms with Crippen molar-refractivity contribution in [2.45, 2.75) is 12.8 Å². The lowest BCUT2D eigenvalue weighted by Gasteiger charge is -1.93. The summed E-state index contributed by atoms with van der Waals surface area (Å²) in [7, 11) is 0. The number of terminal acetylenes is 1. The molecule has 1 aromatic carbocycles. The lowest BCUT2D eigenvalue weighted by molar-refractivity contribution is 1.03. The van der Waals surface area contributed by atoms with Gasteiger partial charge in [0.15, 0.2) is 0 Å². The Labute approximate surface area is 63.3 Å². The van der Waals surface area contributed by atoms with Crippen LogP contribution >= 0.6 is 0 Å². The fourth-order valence-corrected chi connectivity index (χ4v) is 0.791. The molecule has 0 heterocycles. The third kappa shape index (κ3) is 1.95. The Morgan fingerprint density at radius 3 is 2.70 bits per heavy atom. The Kier molecular flexibility index (Phi) is 2.08. The summed E-state index contributed by atoms with van der Waals surface area (Å²) in [5.74, 6) is 2.38. The van der Waals surface area contributed by atoms with Crippen molar-refractivity contribution in [1.29, 1.82) is 0 Å². The van der Waals surface area contributed by atoms with E-state index in [1.807, 2.05) is 30.3 Å². The van der Waals surface area contributed by atoms with Gasteiger partial charge in [0.05, 0.1) is 0 Å². The quantitative estimate of drug-likeness (QED) is 0.540. The molecule has 1 atom stereocenters. The summed E-state index contributed by atoms with van der Waals surface area (Å²) in [6.45, 7) is 0. The molecule has 0 saturated carbocycles. The van der Waals surface area contributed by atoms with Crippen LogP contribution in [0.5, 0.6) is 0 Å². The van der Waals surface area contributed by atoms with Crippen LogP contribution in [0, 0.1) is 12.3 Å². The minimum atomic E-state index is -0.405. The molecule has 0 fully saturated rings. The van der Waals surface area contributed by atoms with Gasteiger partial charge in [-0.2, -0.15) is 0 Å². The summed E-state index contributed by atoms with van der Waals surface area (Å²) in [6, 6.07) is 9.84. The first kappa shape index (κ1) is 5.56. The standard InChI is InChI=1S/C10H10/c1-2-3-7-10-8-5-4-6-9-10/h1,4-6,8-9H,3,7H2/i3D/t3-/m0/s1. The summed E-state index contributed by atoms with van der Waals surface area (Å²) >= 11 is 0. The van der Waals surface area contributed by atoms with E-state index in [0.717, 1.165) is 5.56 Å². The van der Waals surface area contributed by atoms with Crippen LogP contribution in [0.25, 0.3) is 0 Å². The average molecular weight is 131 g/mol. The Hall–Kier alpha value is -1.22. The number of hydrogen-bond acceptors (Lipinski definition) is 0. The van der Waals surface area contributed by atoms with Crippen LogP contribution in [0.4, 0.5) is 0 Å². The molecule has 0 bridgehead atoms. The van der Waals surface area contributed by atoms with Gasteiger partial charge in [0.2, 0.25) is 0 Å². The molecule has 0 unspecified atom stereocenters. The van der Waals surface area contributed by atoms with Crippen LogP contribution in [0.3, 0.4) is 0 Å². The first-order chi connectivity index (χ1) is 5.33. The lowest BCUT2D eigenvalue weighted by atomic mass is 10.1. The summed E-state index contributed by atoms with van der Waals surface area (Å²) < 4.78 is 7.32. The molecule has 0 N–H and O–H groups in total. The van der Waals surface area contributed by atoms with Crippen LogP contribution in [0.2, 0.25) is 0 Å². The lowest BCUT2D eigenvalue weighted by Crippen LogP contribution is -1.80. The highest BCUT2D eigenvalue weighted by atomic mass is 13.9. The third-order valence-electron chi connectivity index (χ3n) is 1.30. The van der Waals surface area contributed by atoms with Crippen molar-refractivity contribution >= 4 is 0 Å². The zero-order valence-corrected chi connectivity index (χ0v) is 5.75. The molecule has 0 spiro atoms. The second kappa shape index (κ2) is 3.74. The molecule has 0 radical (unpaired) electrons. The SMILES string of the molecule is [2H][C@@H](C#C)Cc1ccccc1. The van der Waals surface area contributed by atoms with Gasteiger partial charge >= 0.3 is 0 Å². The van der Waals surface area contributed by atoms with E-state index in [0.29, 0.717) is 6.42 Å². The van der Waals surface area contributed by atoms with Crippen LogP contribution < -0.4 is 0 Å². The summed E-state index contributed by atoms with van der Waals surface area (Å²) in [5, 5.41) is 0. The highest BCUT2D eigenvalue weighted by Crippen LogP contribution is 2.00. The van der Waals surface area contributed by atoms with E-state index in [-0.39, 0.29) is 0 Å². The maximum Gasteiger partial charge on any atom is 0.0406 e. The Morgan fingerprint density at radius 1 is 1.40 bits per heavy atom. The normalized spacial score (nSPS) is 13.3. The van der Waals surface area contributed by atoms with E-state index in [4.69, 9.17) is 7.79 Å². The van der Waals surface area contributed by atoms with Crippen molar-refractivity contribution in [3.63, 3.8) is 0 Å². The van der Waals surface area contributed by atoms with Crippen molar-refractivity contribution in [2.24, 2.45) is 0 Å². The molecule has 1 aromatic rings. The number of aryl methyl sites for hydroxylation is 1. The Balaban J connectivity index is 2.60. The van der Waals surface area contributed by atoms with E-state index in [1.54, 1.807) is 0 Å². The van der Waals surface area contributed by atoms with Gasteiger partial charge in [-0.05, 0) is 12.0 Å². The molecule has 0 aliphatic heterocycles. The van der Waals surface area contributed by atoms with Crippen LogP contribution in [-0.4, -0.2) is 0 Å². The zero-order chi connectivity index (χ0) is 8.10. The molecule has 50 valence electrons. The molecular weight excluding hydrogens is 120 g/mol. The number of hydrogen-bond donors (Lipinski definition) is 0. The van der Waals surface area contributed by atoms with Gasteiger partial charge < -0.3 is 0 Å². The summed E-state index contributed by atoms with van der Waals surface area (Å²) in [4.78, 5) is 0. The molecule has 0 nitrogen and oxygen atoms in total. The predicted molar refractivity (Wildman–Crippen MR) is 43.6 cm³/mol. The Bertz CT molecular complexity index is 245. The van der Waals surface area contributed by atoms with E-state index < -0.39 is 6.40 Å². The average Bonchev–Trinajstić information content (AvgIpc) is 2.06. The maximum atomic E-state index is 7.32. The van der Waals surface area contributed by atoms with Gasteiger partial charge in [0, 0.05) is 7.77 Å². The zero-order valence-electron chi connectivity index (χ0n) is 6.75. The molecular formula is C10H10. The van der Waals surface area contributed by atoms with E-state index in [1.165, 1.54) is 0 Å². The van der Waals surface area contributed by atoms with Gasteiger partial charge in [0.1, 0.15) is 0 Å². The van der Waals surface area contributed by atoms with Gasteiger partial charge in [0.25, 0.3) is 0 Å². The molecule has 0 aliphatic rings. The molecule has 0 aromatic heterocycles. The Morgan fingerprint density at radius 2 is 2.10 bits per heavy atom. The van der Waals surface area contributed by atoms with Crippen molar-refractivity contribution < 1.29 is 1.37 Å². The first-order valence-electron chi connectivity index (χ1n) is 3.83. The highest BCUT2D eigenvalue weighted by Gasteiger charge is 1.86. The molecule has 0 heteroatoms. The van der Waals surface area contributed by atoms with Gasteiger partial charge in [-0.15, -0.1) is 12.3 Å². The summed E-state index contributed by atoms with van der Waals surface area (Å²) in [6.07, 6.45) is 5.33. The number of benzene rings is 1. The minimum absolute atomic E-state index is 0.405. The second-order valence-corrected chi connectivity index (χ2v) is 2.06. The molecule has 1 rings (SSSR count). The van der Waals surface area contributed by atoms with Gasteiger partial charge in [-0.3, -0.25) is 0 Å².